The van der Waals surface area contributed by atoms with E-state index < -0.39 is 0 Å². The number of nitrogens with zero attached hydrogens (tertiary/aromatic N) is 5. The molecule has 2 rings (SSSR count). The SMILES string of the molecule is CCN(C(=O)CCC#N)c1cn(-c2cccnc2)nc1Cl. The van der Waals surface area contributed by atoms with Gasteiger partial charge in [-0.1, -0.05) is 11.6 Å². The highest BCUT2D eigenvalue weighted by Gasteiger charge is 2.19. The van der Waals surface area contributed by atoms with Crippen molar-refractivity contribution in [1.82, 2.24) is 14.8 Å². The molecule has 2 aromatic rings. The molecule has 0 unspecified atom stereocenters. The quantitative estimate of drug-likeness (QED) is 0.851. The van der Waals surface area contributed by atoms with Gasteiger partial charge >= 0.3 is 0 Å². The Morgan fingerprint density at radius 2 is 2.38 bits per heavy atom. The molecule has 0 saturated carbocycles. The molecule has 6 nitrogen and oxygen atoms in total. The Bertz CT molecular complexity index is 662. The molecule has 0 spiro atoms. The fourth-order valence-electron chi connectivity index (χ4n) is 1.93. The highest BCUT2D eigenvalue weighted by Crippen LogP contribution is 2.26. The molecule has 1 amide bonds. The first kappa shape index (κ1) is 15.0. The summed E-state index contributed by atoms with van der Waals surface area (Å²) >= 11 is 6.14. The fraction of sp³-hybridized carbons (Fsp3) is 0.286. The van der Waals surface area contributed by atoms with Gasteiger partial charge in [0, 0.05) is 25.6 Å². The van der Waals surface area contributed by atoms with E-state index in [9.17, 15) is 4.79 Å². The van der Waals surface area contributed by atoms with Gasteiger partial charge in [-0.25, -0.2) is 4.68 Å². The van der Waals surface area contributed by atoms with Gasteiger partial charge in [-0.3, -0.25) is 9.78 Å². The van der Waals surface area contributed by atoms with E-state index in [2.05, 4.69) is 10.1 Å². The number of hydrogen-bond donors (Lipinski definition) is 0. The normalized spacial score (nSPS) is 10.1. The van der Waals surface area contributed by atoms with Crippen LogP contribution >= 0.6 is 11.6 Å². The highest BCUT2D eigenvalue weighted by molar-refractivity contribution is 6.32. The number of carbonyl (C=O) groups excluding carboxylic acids is 1. The molecule has 0 atom stereocenters. The second-order valence-corrected chi connectivity index (χ2v) is 4.62. The zero-order valence-electron chi connectivity index (χ0n) is 11.5. The molecule has 0 fully saturated rings. The molecule has 0 bridgehead atoms. The van der Waals surface area contributed by atoms with Crippen LogP contribution < -0.4 is 4.90 Å². The minimum atomic E-state index is -0.147. The second kappa shape index (κ2) is 6.86. The topological polar surface area (TPSA) is 74.8 Å². The molecular weight excluding hydrogens is 290 g/mol. The summed E-state index contributed by atoms with van der Waals surface area (Å²) in [5, 5.41) is 13.0. The molecule has 2 heterocycles. The summed E-state index contributed by atoms with van der Waals surface area (Å²) in [5.41, 5.74) is 1.29. The number of carbonyl (C=O) groups is 1. The predicted octanol–water partition coefficient (Wildman–Crippen LogP) is 2.58. The number of nitriles is 1. The lowest BCUT2D eigenvalue weighted by Crippen LogP contribution is -2.30. The Labute approximate surface area is 127 Å². The molecule has 0 aromatic carbocycles. The average molecular weight is 304 g/mol. The molecular formula is C14H14ClN5O. The molecule has 0 aliphatic carbocycles. The second-order valence-electron chi connectivity index (χ2n) is 4.26. The summed E-state index contributed by atoms with van der Waals surface area (Å²) in [6.45, 7) is 2.31. The van der Waals surface area contributed by atoms with E-state index in [1.165, 1.54) is 4.90 Å². The summed E-state index contributed by atoms with van der Waals surface area (Å²) in [6, 6.07) is 5.60. The predicted molar refractivity (Wildman–Crippen MR) is 79.2 cm³/mol. The van der Waals surface area contributed by atoms with Gasteiger partial charge in [0.15, 0.2) is 5.15 Å². The number of hydrogen-bond acceptors (Lipinski definition) is 4. The first-order valence-corrected chi connectivity index (χ1v) is 6.88. The highest BCUT2D eigenvalue weighted by atomic mass is 35.5. The number of rotatable bonds is 5. The Morgan fingerprint density at radius 3 is 3.00 bits per heavy atom. The lowest BCUT2D eigenvalue weighted by Gasteiger charge is -2.18. The maximum absolute atomic E-state index is 12.1. The largest absolute Gasteiger partial charge is 0.308 e. The van der Waals surface area contributed by atoms with Crippen molar-refractivity contribution in [3.05, 3.63) is 35.9 Å². The number of halogens is 1. The third-order valence-corrected chi connectivity index (χ3v) is 3.19. The minimum Gasteiger partial charge on any atom is -0.308 e. The Morgan fingerprint density at radius 1 is 1.57 bits per heavy atom. The maximum Gasteiger partial charge on any atom is 0.228 e. The molecule has 0 aliphatic rings. The molecule has 0 saturated heterocycles. The third kappa shape index (κ3) is 3.38. The summed E-state index contributed by atoms with van der Waals surface area (Å²) in [6.07, 6.45) is 5.36. The van der Waals surface area contributed by atoms with E-state index >= 15 is 0 Å². The monoisotopic (exact) mass is 303 g/mol. The van der Waals surface area contributed by atoms with Crippen LogP contribution in [0.3, 0.4) is 0 Å². The van der Waals surface area contributed by atoms with E-state index in [-0.39, 0.29) is 23.9 Å². The van der Waals surface area contributed by atoms with Crippen molar-refractivity contribution < 1.29 is 4.79 Å². The van der Waals surface area contributed by atoms with Crippen molar-refractivity contribution in [2.24, 2.45) is 0 Å². The van der Waals surface area contributed by atoms with Crippen LogP contribution in [0.15, 0.2) is 30.7 Å². The van der Waals surface area contributed by atoms with Crippen LogP contribution in [0.4, 0.5) is 5.69 Å². The molecule has 7 heteroatoms. The summed E-state index contributed by atoms with van der Waals surface area (Å²) < 4.78 is 1.57. The van der Waals surface area contributed by atoms with Gasteiger partial charge in [-0.15, -0.1) is 0 Å². The van der Waals surface area contributed by atoms with Crippen molar-refractivity contribution in [2.75, 3.05) is 11.4 Å². The van der Waals surface area contributed by atoms with Gasteiger partial charge in [0.05, 0.1) is 24.2 Å². The van der Waals surface area contributed by atoms with Crippen LogP contribution in [0, 0.1) is 11.3 Å². The zero-order valence-corrected chi connectivity index (χ0v) is 12.3. The van der Waals surface area contributed by atoms with Gasteiger partial charge in [-0.05, 0) is 19.1 Å². The molecule has 0 radical (unpaired) electrons. The van der Waals surface area contributed by atoms with Crippen molar-refractivity contribution in [3.8, 4) is 11.8 Å². The number of anilines is 1. The van der Waals surface area contributed by atoms with Crippen LogP contribution in [0.5, 0.6) is 0 Å². The van der Waals surface area contributed by atoms with Crippen molar-refractivity contribution >= 4 is 23.2 Å². The summed E-state index contributed by atoms with van der Waals surface area (Å²) in [4.78, 5) is 17.6. The van der Waals surface area contributed by atoms with Gasteiger partial charge in [0.1, 0.15) is 5.69 Å². The smallest absolute Gasteiger partial charge is 0.228 e. The van der Waals surface area contributed by atoms with E-state index in [0.29, 0.717) is 12.2 Å². The lowest BCUT2D eigenvalue weighted by molar-refractivity contribution is -0.118. The van der Waals surface area contributed by atoms with Crippen LogP contribution in [-0.4, -0.2) is 27.2 Å². The van der Waals surface area contributed by atoms with Crippen molar-refractivity contribution in [2.45, 2.75) is 19.8 Å². The Kier molecular flexibility index (Phi) is 4.90. The first-order valence-electron chi connectivity index (χ1n) is 6.50. The third-order valence-electron chi connectivity index (χ3n) is 2.92. The lowest BCUT2D eigenvalue weighted by atomic mass is 10.3. The molecule has 0 aliphatic heterocycles. The van der Waals surface area contributed by atoms with E-state index in [4.69, 9.17) is 16.9 Å². The van der Waals surface area contributed by atoms with E-state index in [1.54, 1.807) is 29.3 Å². The molecule has 21 heavy (non-hydrogen) atoms. The van der Waals surface area contributed by atoms with E-state index in [1.807, 2.05) is 19.1 Å². The van der Waals surface area contributed by atoms with Crippen molar-refractivity contribution in [1.29, 1.82) is 5.26 Å². The number of pyridine rings is 1. The molecule has 108 valence electrons. The van der Waals surface area contributed by atoms with E-state index in [0.717, 1.165) is 5.69 Å². The summed E-state index contributed by atoms with van der Waals surface area (Å²) in [5.74, 6) is -0.147. The molecule has 0 N–H and O–H groups in total. The van der Waals surface area contributed by atoms with Crippen LogP contribution in [-0.2, 0) is 4.79 Å². The average Bonchev–Trinajstić information content (AvgIpc) is 2.89. The fourth-order valence-corrected chi connectivity index (χ4v) is 2.16. The van der Waals surface area contributed by atoms with Gasteiger partial charge in [-0.2, -0.15) is 10.4 Å². The zero-order chi connectivity index (χ0) is 15.2. The Balaban J connectivity index is 2.29. The van der Waals surface area contributed by atoms with Gasteiger partial charge in [0.25, 0.3) is 0 Å². The molecule has 2 aromatic heterocycles. The minimum absolute atomic E-state index is 0.147. The van der Waals surface area contributed by atoms with Gasteiger partial charge < -0.3 is 4.90 Å². The summed E-state index contributed by atoms with van der Waals surface area (Å²) in [7, 11) is 0. The Hall–Kier alpha value is -2.39. The standard InChI is InChI=1S/C14H14ClN5O/c1-2-19(13(21)6-3-7-16)12-10-20(18-14(12)15)11-5-4-8-17-9-11/h4-5,8-10H,2-3,6H2,1H3. The van der Waals surface area contributed by atoms with Crippen LogP contribution in [0.25, 0.3) is 5.69 Å². The van der Waals surface area contributed by atoms with Crippen LogP contribution in [0.1, 0.15) is 19.8 Å². The van der Waals surface area contributed by atoms with Crippen molar-refractivity contribution in [3.63, 3.8) is 0 Å². The van der Waals surface area contributed by atoms with Gasteiger partial charge in [0.2, 0.25) is 5.91 Å². The van der Waals surface area contributed by atoms with Crippen LogP contribution in [0.2, 0.25) is 5.15 Å². The number of amides is 1. The maximum atomic E-state index is 12.1. The first-order chi connectivity index (χ1) is 10.2. The number of aromatic nitrogens is 3.